The van der Waals surface area contributed by atoms with Crippen molar-refractivity contribution in [2.75, 3.05) is 0 Å². The van der Waals surface area contributed by atoms with Gasteiger partial charge in [0.25, 0.3) is 0 Å². The maximum absolute atomic E-state index is 4.09. The summed E-state index contributed by atoms with van der Waals surface area (Å²) in [6.07, 6.45) is 4.44. The topological polar surface area (TPSA) is 25.8 Å². The zero-order valence-electron chi connectivity index (χ0n) is 6.95. The van der Waals surface area contributed by atoms with E-state index in [9.17, 15) is 0 Å². The number of nitrogens with zero attached hydrogens (tertiary/aromatic N) is 2. The van der Waals surface area contributed by atoms with E-state index in [0.717, 1.165) is 0 Å². The van der Waals surface area contributed by atoms with Gasteiger partial charge in [0.1, 0.15) is 0 Å². The normalized spacial score (nSPS) is 11.0. The summed E-state index contributed by atoms with van der Waals surface area (Å²) in [7, 11) is 0. The second-order valence-electron chi connectivity index (χ2n) is 2.67. The fourth-order valence-corrected chi connectivity index (χ4v) is 5.58. The monoisotopic (exact) mass is 258 g/mol. The Hall–Kier alpha value is -0.121. The molecule has 0 amide bonds. The van der Waals surface area contributed by atoms with Crippen LogP contribution in [-0.2, 0) is 0 Å². The van der Waals surface area contributed by atoms with E-state index in [2.05, 4.69) is 23.2 Å². The molecule has 0 atom stereocenters. The number of unbranched alkanes of at least 4 members (excludes halogenated alkanes) is 1. The van der Waals surface area contributed by atoms with E-state index in [1.165, 1.54) is 21.0 Å². The molecule has 1 aromatic rings. The molecule has 0 unspecified atom stereocenters. The summed E-state index contributed by atoms with van der Waals surface area (Å²) in [5.41, 5.74) is 0. The molecule has 0 bridgehead atoms. The average molecular weight is 257 g/mol. The van der Waals surface area contributed by atoms with Crippen molar-refractivity contribution in [3.8, 4) is 0 Å². The van der Waals surface area contributed by atoms with Crippen LogP contribution < -0.4 is 3.71 Å². The first-order chi connectivity index (χ1) is 5.43. The van der Waals surface area contributed by atoms with E-state index < -0.39 is 21.1 Å². The number of rotatable bonds is 4. The summed E-state index contributed by atoms with van der Waals surface area (Å²) < 4.78 is 2.76. The summed E-state index contributed by atoms with van der Waals surface area (Å²) in [5.74, 6) is 0. The van der Waals surface area contributed by atoms with Crippen LogP contribution in [0, 0.1) is 0 Å². The van der Waals surface area contributed by atoms with Crippen molar-refractivity contribution in [3.63, 3.8) is 0 Å². The van der Waals surface area contributed by atoms with E-state index in [4.69, 9.17) is 0 Å². The SMILES string of the molecule is CCC[CH2][SnH2][c]1cccnn1. The molecule has 1 aromatic heterocycles. The Kier molecular flexibility index (Phi) is 4.50. The van der Waals surface area contributed by atoms with Crippen molar-refractivity contribution in [2.24, 2.45) is 0 Å². The maximum atomic E-state index is 4.09. The van der Waals surface area contributed by atoms with Crippen molar-refractivity contribution < 1.29 is 0 Å². The van der Waals surface area contributed by atoms with Gasteiger partial charge in [-0.2, -0.15) is 0 Å². The van der Waals surface area contributed by atoms with Crippen LogP contribution in [0.1, 0.15) is 19.8 Å². The molecule has 0 aromatic carbocycles. The van der Waals surface area contributed by atoms with Gasteiger partial charge in [-0.3, -0.25) is 0 Å². The third kappa shape index (κ3) is 3.70. The van der Waals surface area contributed by atoms with Crippen LogP contribution in [0.5, 0.6) is 0 Å². The minimum absolute atomic E-state index is 0.694. The molecular formula is C8H14N2Sn. The molecule has 3 heteroatoms. The molecule has 0 fully saturated rings. The Morgan fingerprint density at radius 1 is 1.55 bits per heavy atom. The van der Waals surface area contributed by atoms with E-state index >= 15 is 0 Å². The van der Waals surface area contributed by atoms with Crippen LogP contribution in [0.3, 0.4) is 0 Å². The Morgan fingerprint density at radius 3 is 3.09 bits per heavy atom. The van der Waals surface area contributed by atoms with Gasteiger partial charge < -0.3 is 0 Å². The van der Waals surface area contributed by atoms with Crippen LogP contribution in [0.4, 0.5) is 0 Å². The molecule has 0 radical (unpaired) electrons. The van der Waals surface area contributed by atoms with Crippen molar-refractivity contribution in [3.05, 3.63) is 18.3 Å². The predicted molar refractivity (Wildman–Crippen MR) is 49.9 cm³/mol. The molecule has 0 aliphatic carbocycles. The molecule has 0 saturated heterocycles. The Bertz CT molecular complexity index is 189. The molecule has 60 valence electrons. The quantitative estimate of drug-likeness (QED) is 0.579. The molecule has 0 spiro atoms. The van der Waals surface area contributed by atoms with E-state index in [1.807, 2.05) is 6.07 Å². The van der Waals surface area contributed by atoms with Gasteiger partial charge in [-0.1, -0.05) is 0 Å². The number of aromatic nitrogens is 2. The zero-order chi connectivity index (χ0) is 7.94. The van der Waals surface area contributed by atoms with Crippen molar-refractivity contribution in [1.82, 2.24) is 10.2 Å². The predicted octanol–water partition coefficient (Wildman–Crippen LogP) is 0.489. The summed E-state index contributed by atoms with van der Waals surface area (Å²) in [4.78, 5) is 0. The van der Waals surface area contributed by atoms with E-state index in [-0.39, 0.29) is 0 Å². The van der Waals surface area contributed by atoms with Gasteiger partial charge in [-0.15, -0.1) is 0 Å². The molecule has 11 heavy (non-hydrogen) atoms. The minimum atomic E-state index is -0.694. The second kappa shape index (κ2) is 5.52. The van der Waals surface area contributed by atoms with Crippen LogP contribution in [0.2, 0.25) is 4.44 Å². The van der Waals surface area contributed by atoms with Gasteiger partial charge in [0.05, 0.1) is 0 Å². The van der Waals surface area contributed by atoms with Gasteiger partial charge in [-0.05, 0) is 0 Å². The molecule has 1 rings (SSSR count). The number of hydrogen-bond donors (Lipinski definition) is 0. The summed E-state index contributed by atoms with van der Waals surface area (Å²) in [6, 6.07) is 4.12. The first-order valence-corrected chi connectivity index (χ1v) is 9.07. The zero-order valence-corrected chi connectivity index (χ0v) is 11.0. The van der Waals surface area contributed by atoms with Gasteiger partial charge in [0, 0.05) is 0 Å². The van der Waals surface area contributed by atoms with Crippen LogP contribution in [0.25, 0.3) is 0 Å². The summed E-state index contributed by atoms with van der Waals surface area (Å²) in [6.45, 7) is 2.24. The third-order valence-electron chi connectivity index (χ3n) is 1.66. The molecule has 1 heterocycles. The van der Waals surface area contributed by atoms with Crippen LogP contribution in [-0.4, -0.2) is 31.3 Å². The Morgan fingerprint density at radius 2 is 2.45 bits per heavy atom. The second-order valence-corrected chi connectivity index (χ2v) is 8.19. The summed E-state index contributed by atoms with van der Waals surface area (Å²) >= 11 is -0.694. The third-order valence-corrected chi connectivity index (χ3v) is 6.64. The first kappa shape index (κ1) is 8.97. The molecule has 0 N–H and O–H groups in total. The van der Waals surface area contributed by atoms with Gasteiger partial charge in [0.2, 0.25) is 0 Å². The van der Waals surface area contributed by atoms with Gasteiger partial charge in [-0.25, -0.2) is 0 Å². The molecule has 0 aliphatic heterocycles. The standard InChI is InChI=1S/C4H3N2.C4H9.Sn.2H/c1-2-4-6-5-3-1;1-3-4-2;;;/h1-3H;1,3-4H2,2H3;;;. The fourth-order valence-electron chi connectivity index (χ4n) is 1.02. The van der Waals surface area contributed by atoms with Gasteiger partial charge >= 0.3 is 77.6 Å². The Balaban J connectivity index is 2.28. The molecule has 0 saturated carbocycles. The van der Waals surface area contributed by atoms with Crippen molar-refractivity contribution >= 4 is 24.9 Å². The molecule has 2 nitrogen and oxygen atoms in total. The van der Waals surface area contributed by atoms with Crippen LogP contribution in [0.15, 0.2) is 18.3 Å². The fraction of sp³-hybridized carbons (Fsp3) is 0.500. The first-order valence-electron chi connectivity index (χ1n) is 4.20. The van der Waals surface area contributed by atoms with E-state index in [0.29, 0.717) is 0 Å². The Labute approximate surface area is 77.6 Å². The molecule has 0 aliphatic rings. The van der Waals surface area contributed by atoms with Gasteiger partial charge in [0.15, 0.2) is 0 Å². The average Bonchev–Trinajstić information content (AvgIpc) is 2.07. The van der Waals surface area contributed by atoms with Crippen molar-refractivity contribution in [2.45, 2.75) is 24.2 Å². The molecular weight excluding hydrogens is 243 g/mol. The summed E-state index contributed by atoms with van der Waals surface area (Å²) in [5, 5.41) is 7.96. The van der Waals surface area contributed by atoms with E-state index in [1.54, 1.807) is 6.20 Å². The van der Waals surface area contributed by atoms with Crippen molar-refractivity contribution in [1.29, 1.82) is 0 Å². The van der Waals surface area contributed by atoms with Crippen LogP contribution >= 0.6 is 0 Å². The number of hydrogen-bond acceptors (Lipinski definition) is 2.